The molecule has 3 rings (SSSR count). The number of fused-ring (bicyclic) bond motifs is 1. The van der Waals surface area contributed by atoms with E-state index in [9.17, 15) is 0 Å². The largest absolute Gasteiger partial charge is 0.103 e. The fourth-order valence-corrected chi connectivity index (χ4v) is 3.32. The molecule has 0 amide bonds. The minimum atomic E-state index is 0.152. The zero-order valence-electron chi connectivity index (χ0n) is 10.6. The molecule has 0 saturated heterocycles. The first-order valence-corrected chi connectivity index (χ1v) is 6.62. The van der Waals surface area contributed by atoms with Gasteiger partial charge >= 0.3 is 0 Å². The van der Waals surface area contributed by atoms with Gasteiger partial charge in [0.1, 0.15) is 0 Å². The SMILES string of the molecule is C=CCC1(c2ccccc2)CCc2ccccc21. The second-order valence-corrected chi connectivity index (χ2v) is 5.10. The van der Waals surface area contributed by atoms with E-state index in [1.165, 1.54) is 29.5 Å². The Kier molecular flexibility index (Phi) is 2.79. The van der Waals surface area contributed by atoms with E-state index >= 15 is 0 Å². The van der Waals surface area contributed by atoms with Crippen LogP contribution in [0.3, 0.4) is 0 Å². The van der Waals surface area contributed by atoms with E-state index < -0.39 is 0 Å². The lowest BCUT2D eigenvalue weighted by Crippen LogP contribution is -2.23. The summed E-state index contributed by atoms with van der Waals surface area (Å²) in [5.41, 5.74) is 4.58. The van der Waals surface area contributed by atoms with Crippen molar-refractivity contribution in [2.75, 3.05) is 0 Å². The molecule has 2 aromatic rings. The van der Waals surface area contributed by atoms with Gasteiger partial charge in [-0.15, -0.1) is 6.58 Å². The Balaban J connectivity index is 2.18. The van der Waals surface area contributed by atoms with Crippen LogP contribution in [-0.2, 0) is 11.8 Å². The molecule has 0 fully saturated rings. The van der Waals surface area contributed by atoms with Crippen LogP contribution in [-0.4, -0.2) is 0 Å². The number of rotatable bonds is 3. The molecule has 0 aliphatic heterocycles. The molecule has 1 aliphatic rings. The number of benzene rings is 2. The van der Waals surface area contributed by atoms with E-state index in [2.05, 4.69) is 67.3 Å². The first-order valence-electron chi connectivity index (χ1n) is 6.62. The Morgan fingerprint density at radius 2 is 1.72 bits per heavy atom. The van der Waals surface area contributed by atoms with Crippen molar-refractivity contribution >= 4 is 0 Å². The lowest BCUT2D eigenvalue weighted by molar-refractivity contribution is 0.518. The predicted molar refractivity (Wildman–Crippen MR) is 76.8 cm³/mol. The van der Waals surface area contributed by atoms with Crippen molar-refractivity contribution in [2.45, 2.75) is 24.7 Å². The molecule has 2 aromatic carbocycles. The minimum absolute atomic E-state index is 0.152. The number of aryl methyl sites for hydroxylation is 1. The van der Waals surface area contributed by atoms with Crippen molar-refractivity contribution in [3.63, 3.8) is 0 Å². The van der Waals surface area contributed by atoms with Gasteiger partial charge in [-0.2, -0.15) is 0 Å². The summed E-state index contributed by atoms with van der Waals surface area (Å²) in [6, 6.07) is 19.7. The van der Waals surface area contributed by atoms with Gasteiger partial charge in [-0.1, -0.05) is 60.7 Å². The predicted octanol–water partition coefficient (Wildman–Crippen LogP) is 4.50. The molecule has 0 heterocycles. The van der Waals surface area contributed by atoms with E-state index in [1.54, 1.807) is 0 Å². The zero-order chi connectivity index (χ0) is 12.4. The second-order valence-electron chi connectivity index (χ2n) is 5.10. The Morgan fingerprint density at radius 1 is 1.00 bits per heavy atom. The van der Waals surface area contributed by atoms with Crippen LogP contribution in [0.25, 0.3) is 0 Å². The van der Waals surface area contributed by atoms with Crippen molar-refractivity contribution in [3.05, 3.63) is 83.9 Å². The number of hydrogen-bond donors (Lipinski definition) is 0. The summed E-state index contributed by atoms with van der Waals surface area (Å²) < 4.78 is 0. The normalized spacial score (nSPS) is 21.6. The molecule has 90 valence electrons. The van der Waals surface area contributed by atoms with E-state index in [-0.39, 0.29) is 5.41 Å². The van der Waals surface area contributed by atoms with Crippen molar-refractivity contribution < 1.29 is 0 Å². The van der Waals surface area contributed by atoms with Crippen LogP contribution in [0.5, 0.6) is 0 Å². The maximum absolute atomic E-state index is 3.97. The molecule has 0 N–H and O–H groups in total. The molecule has 0 saturated carbocycles. The van der Waals surface area contributed by atoms with E-state index in [1.807, 2.05) is 0 Å². The Bertz CT molecular complexity index is 553. The summed E-state index contributed by atoms with van der Waals surface area (Å²) in [6.45, 7) is 3.97. The smallest absolute Gasteiger partial charge is 0.0243 e. The van der Waals surface area contributed by atoms with Crippen LogP contribution in [0.2, 0.25) is 0 Å². The molecular weight excluding hydrogens is 216 g/mol. The molecule has 0 heteroatoms. The fraction of sp³-hybridized carbons (Fsp3) is 0.222. The molecule has 0 radical (unpaired) electrons. The third-order valence-corrected chi connectivity index (χ3v) is 4.17. The average molecular weight is 234 g/mol. The lowest BCUT2D eigenvalue weighted by atomic mass is 9.73. The second kappa shape index (κ2) is 4.45. The maximum atomic E-state index is 3.97. The molecule has 18 heavy (non-hydrogen) atoms. The molecule has 0 bridgehead atoms. The minimum Gasteiger partial charge on any atom is -0.103 e. The summed E-state index contributed by atoms with van der Waals surface area (Å²) in [7, 11) is 0. The van der Waals surface area contributed by atoms with Gasteiger partial charge in [0.2, 0.25) is 0 Å². The Hall–Kier alpha value is -1.82. The summed E-state index contributed by atoms with van der Waals surface area (Å²) in [5, 5.41) is 0. The van der Waals surface area contributed by atoms with Crippen LogP contribution >= 0.6 is 0 Å². The van der Waals surface area contributed by atoms with E-state index in [4.69, 9.17) is 0 Å². The summed E-state index contributed by atoms with van der Waals surface area (Å²) >= 11 is 0. The van der Waals surface area contributed by atoms with Gasteiger partial charge in [0.15, 0.2) is 0 Å². The van der Waals surface area contributed by atoms with Crippen LogP contribution in [0.15, 0.2) is 67.3 Å². The van der Waals surface area contributed by atoms with Gasteiger partial charge < -0.3 is 0 Å². The van der Waals surface area contributed by atoms with Gasteiger partial charge in [-0.25, -0.2) is 0 Å². The van der Waals surface area contributed by atoms with E-state index in [0.29, 0.717) is 0 Å². The first kappa shape index (κ1) is 11.3. The van der Waals surface area contributed by atoms with Gasteiger partial charge in [-0.05, 0) is 36.0 Å². The van der Waals surface area contributed by atoms with Crippen LogP contribution in [0.1, 0.15) is 29.5 Å². The molecular formula is C18H18. The molecule has 0 spiro atoms. The quantitative estimate of drug-likeness (QED) is 0.686. The maximum Gasteiger partial charge on any atom is 0.0243 e. The van der Waals surface area contributed by atoms with Gasteiger partial charge in [0.05, 0.1) is 0 Å². The molecule has 1 atom stereocenters. The highest BCUT2D eigenvalue weighted by Crippen LogP contribution is 2.46. The standard InChI is InChI=1S/C18H18/c1-2-13-18(16-9-4-3-5-10-16)14-12-15-8-6-7-11-17(15)18/h2-11H,1,12-14H2. The van der Waals surface area contributed by atoms with Crippen molar-refractivity contribution in [1.82, 2.24) is 0 Å². The highest BCUT2D eigenvalue weighted by Gasteiger charge is 2.38. The molecule has 1 aliphatic carbocycles. The number of hydrogen-bond acceptors (Lipinski definition) is 0. The van der Waals surface area contributed by atoms with Crippen molar-refractivity contribution in [2.24, 2.45) is 0 Å². The lowest BCUT2D eigenvalue weighted by Gasteiger charge is -2.30. The average Bonchev–Trinajstić information content (AvgIpc) is 2.81. The molecule has 0 nitrogen and oxygen atoms in total. The Morgan fingerprint density at radius 3 is 2.50 bits per heavy atom. The molecule has 0 aromatic heterocycles. The van der Waals surface area contributed by atoms with Crippen molar-refractivity contribution in [3.8, 4) is 0 Å². The summed E-state index contributed by atoms with van der Waals surface area (Å²) in [5.74, 6) is 0. The van der Waals surface area contributed by atoms with Gasteiger partial charge in [-0.3, -0.25) is 0 Å². The topological polar surface area (TPSA) is 0 Å². The van der Waals surface area contributed by atoms with Crippen LogP contribution in [0, 0.1) is 0 Å². The van der Waals surface area contributed by atoms with Crippen LogP contribution in [0.4, 0.5) is 0 Å². The van der Waals surface area contributed by atoms with Crippen molar-refractivity contribution in [1.29, 1.82) is 0 Å². The highest BCUT2D eigenvalue weighted by molar-refractivity contribution is 5.48. The summed E-state index contributed by atoms with van der Waals surface area (Å²) in [4.78, 5) is 0. The van der Waals surface area contributed by atoms with Gasteiger partial charge in [0.25, 0.3) is 0 Å². The highest BCUT2D eigenvalue weighted by atomic mass is 14.4. The first-order chi connectivity index (χ1) is 8.87. The van der Waals surface area contributed by atoms with E-state index in [0.717, 1.165) is 6.42 Å². The van der Waals surface area contributed by atoms with Crippen LogP contribution < -0.4 is 0 Å². The Labute approximate surface area is 109 Å². The third kappa shape index (κ3) is 1.60. The zero-order valence-corrected chi connectivity index (χ0v) is 10.6. The summed E-state index contributed by atoms with van der Waals surface area (Å²) in [6.07, 6.45) is 5.46. The molecule has 1 unspecified atom stereocenters. The third-order valence-electron chi connectivity index (χ3n) is 4.17. The fourth-order valence-electron chi connectivity index (χ4n) is 3.32. The van der Waals surface area contributed by atoms with Gasteiger partial charge in [0, 0.05) is 5.41 Å². The number of allylic oxidation sites excluding steroid dienone is 1. The monoisotopic (exact) mass is 234 g/mol.